The topological polar surface area (TPSA) is 191 Å². The standard InChI is InChI=1S/C39H54N8O7S/c1-7-40-39(51)35(26(2)3)45-36(48)28(5)42-25-32(21-29-13-9-8-10-14-29)44-38(50)31-22-30(37(49)43-27(4)34-15-11-12-16-41-34)23-33(24-31)46(6)55(52,53)47-17-19-54-20-18-47/h8-16,22-24,26-28,32,35,42H,7,17-21,25H2,1-6H3,(H,40,51)(H,43,49)(H,44,50)(H,45,48)/t27?,28-,32-,35-/m0/s1. The summed E-state index contributed by atoms with van der Waals surface area (Å²) in [6, 6.07) is 16.7. The Labute approximate surface area is 324 Å². The number of rotatable bonds is 18. The minimum Gasteiger partial charge on any atom is -0.379 e. The fourth-order valence-electron chi connectivity index (χ4n) is 5.98. The minimum absolute atomic E-state index is 0.0581. The van der Waals surface area contributed by atoms with Crippen LogP contribution in [-0.2, 0) is 31.0 Å². The molecule has 1 fully saturated rings. The van der Waals surface area contributed by atoms with E-state index in [1.54, 1.807) is 32.2 Å². The summed E-state index contributed by atoms with van der Waals surface area (Å²) >= 11 is 0. The molecule has 1 aromatic heterocycles. The van der Waals surface area contributed by atoms with Gasteiger partial charge in [-0.2, -0.15) is 12.7 Å². The highest BCUT2D eigenvalue weighted by Crippen LogP contribution is 2.24. The van der Waals surface area contributed by atoms with Gasteiger partial charge in [0.1, 0.15) is 6.04 Å². The summed E-state index contributed by atoms with van der Waals surface area (Å²) in [6.45, 7) is 10.4. The van der Waals surface area contributed by atoms with Crippen LogP contribution in [0.5, 0.6) is 0 Å². The van der Waals surface area contributed by atoms with E-state index >= 15 is 0 Å². The monoisotopic (exact) mass is 778 g/mol. The van der Waals surface area contributed by atoms with E-state index in [1.165, 1.54) is 29.6 Å². The molecular formula is C39H54N8O7S. The third-order valence-corrected chi connectivity index (χ3v) is 11.2. The largest absolute Gasteiger partial charge is 0.379 e. The van der Waals surface area contributed by atoms with Crippen molar-refractivity contribution in [3.05, 3.63) is 95.3 Å². The van der Waals surface area contributed by atoms with E-state index in [0.29, 0.717) is 18.7 Å². The molecule has 2 heterocycles. The van der Waals surface area contributed by atoms with Crippen molar-refractivity contribution in [3.63, 3.8) is 0 Å². The Bertz CT molecular complexity index is 1860. The third-order valence-electron chi connectivity index (χ3n) is 9.25. The number of pyridine rings is 1. The molecular weight excluding hydrogens is 725 g/mol. The van der Waals surface area contributed by atoms with Crippen molar-refractivity contribution in [2.75, 3.05) is 50.7 Å². The lowest BCUT2D eigenvalue weighted by Crippen LogP contribution is -2.55. The molecule has 1 aliphatic rings. The minimum atomic E-state index is -4.04. The Hall–Kier alpha value is -4.90. The van der Waals surface area contributed by atoms with Crippen molar-refractivity contribution in [3.8, 4) is 0 Å². The van der Waals surface area contributed by atoms with Gasteiger partial charge in [0.15, 0.2) is 0 Å². The Morgan fingerprint density at radius 2 is 1.49 bits per heavy atom. The number of hydrogen-bond donors (Lipinski definition) is 5. The van der Waals surface area contributed by atoms with Crippen LogP contribution in [0.25, 0.3) is 0 Å². The van der Waals surface area contributed by atoms with E-state index < -0.39 is 46.2 Å². The van der Waals surface area contributed by atoms with E-state index in [-0.39, 0.29) is 67.4 Å². The second kappa shape index (κ2) is 20.1. The maximum absolute atomic E-state index is 14.1. The van der Waals surface area contributed by atoms with E-state index in [1.807, 2.05) is 57.2 Å². The lowest BCUT2D eigenvalue weighted by atomic mass is 10.0. The number of carbonyl (C=O) groups excluding carboxylic acids is 4. The zero-order chi connectivity index (χ0) is 40.1. The highest BCUT2D eigenvalue weighted by Gasteiger charge is 2.31. The lowest BCUT2D eigenvalue weighted by Gasteiger charge is -2.31. The second-order valence-corrected chi connectivity index (χ2v) is 15.8. The molecule has 16 heteroatoms. The molecule has 0 aliphatic carbocycles. The number of amides is 4. The van der Waals surface area contributed by atoms with Crippen LogP contribution in [0.1, 0.15) is 72.6 Å². The smallest absolute Gasteiger partial charge is 0.303 e. The molecule has 55 heavy (non-hydrogen) atoms. The van der Waals surface area contributed by atoms with Gasteiger partial charge in [0.25, 0.3) is 11.8 Å². The summed E-state index contributed by atoms with van der Waals surface area (Å²) in [7, 11) is -2.66. The van der Waals surface area contributed by atoms with Gasteiger partial charge >= 0.3 is 10.2 Å². The Balaban J connectivity index is 1.61. The number of nitrogens with zero attached hydrogens (tertiary/aromatic N) is 3. The van der Waals surface area contributed by atoms with Crippen LogP contribution in [0.15, 0.2) is 72.9 Å². The predicted molar refractivity (Wildman–Crippen MR) is 211 cm³/mol. The fraction of sp³-hybridized carbons (Fsp3) is 0.462. The van der Waals surface area contributed by atoms with Gasteiger partial charge in [-0.1, -0.05) is 50.2 Å². The number of benzene rings is 2. The Morgan fingerprint density at radius 1 is 0.855 bits per heavy atom. The summed E-state index contributed by atoms with van der Waals surface area (Å²) in [4.78, 5) is 57.9. The summed E-state index contributed by atoms with van der Waals surface area (Å²) in [6.07, 6.45) is 2.01. The van der Waals surface area contributed by atoms with Gasteiger partial charge in [-0.05, 0) is 69.0 Å². The first-order chi connectivity index (χ1) is 26.2. The first-order valence-electron chi connectivity index (χ1n) is 18.6. The molecule has 0 bridgehead atoms. The molecule has 0 saturated carbocycles. The molecule has 1 saturated heterocycles. The molecule has 1 unspecified atom stereocenters. The summed E-state index contributed by atoms with van der Waals surface area (Å²) in [5.74, 6) is -1.86. The van der Waals surface area contributed by atoms with Crippen LogP contribution in [0.2, 0.25) is 0 Å². The molecule has 2 aromatic carbocycles. The van der Waals surface area contributed by atoms with Gasteiger partial charge in [-0.25, -0.2) is 0 Å². The highest BCUT2D eigenvalue weighted by molar-refractivity contribution is 7.90. The van der Waals surface area contributed by atoms with Gasteiger partial charge in [0.2, 0.25) is 11.8 Å². The number of morpholine rings is 1. The number of nitrogens with one attached hydrogen (secondary N) is 5. The van der Waals surface area contributed by atoms with Crippen molar-refractivity contribution in [2.24, 2.45) is 5.92 Å². The zero-order valence-electron chi connectivity index (χ0n) is 32.4. The number of aromatic nitrogens is 1. The molecule has 4 amide bonds. The molecule has 1 aliphatic heterocycles. The predicted octanol–water partition coefficient (Wildman–Crippen LogP) is 2.18. The van der Waals surface area contributed by atoms with Crippen LogP contribution in [0.4, 0.5) is 5.69 Å². The molecule has 15 nitrogen and oxygen atoms in total. The molecule has 4 atom stereocenters. The lowest BCUT2D eigenvalue weighted by molar-refractivity contribution is -0.130. The molecule has 5 N–H and O–H groups in total. The Kier molecular flexibility index (Phi) is 15.7. The average molecular weight is 779 g/mol. The quantitative estimate of drug-likeness (QED) is 0.129. The van der Waals surface area contributed by atoms with Crippen LogP contribution in [-0.4, -0.2) is 106 Å². The van der Waals surface area contributed by atoms with E-state index in [9.17, 15) is 27.6 Å². The number of ether oxygens (including phenoxy) is 1. The van der Waals surface area contributed by atoms with Crippen molar-refractivity contribution >= 4 is 39.5 Å². The molecule has 298 valence electrons. The van der Waals surface area contributed by atoms with E-state index in [0.717, 1.165) is 9.87 Å². The fourth-order valence-corrected chi connectivity index (χ4v) is 7.30. The SMILES string of the molecule is CCNC(=O)[C@@H](NC(=O)[C@H](C)NC[C@H](Cc1ccccc1)NC(=O)c1cc(C(=O)NC(C)c2ccccn2)cc(N(C)S(=O)(=O)N2CCOCC2)c1)C(C)C. The van der Waals surface area contributed by atoms with Crippen molar-refractivity contribution < 1.29 is 32.3 Å². The molecule has 4 rings (SSSR count). The highest BCUT2D eigenvalue weighted by atomic mass is 32.2. The van der Waals surface area contributed by atoms with Crippen LogP contribution in [0, 0.1) is 5.92 Å². The summed E-state index contributed by atoms with van der Waals surface area (Å²) in [5.41, 5.74) is 1.80. The van der Waals surface area contributed by atoms with E-state index in [4.69, 9.17) is 4.74 Å². The average Bonchev–Trinajstić information content (AvgIpc) is 3.19. The maximum Gasteiger partial charge on any atom is 0.303 e. The molecule has 3 aromatic rings. The normalized spacial score (nSPS) is 15.6. The van der Waals surface area contributed by atoms with Crippen molar-refractivity contribution in [2.45, 2.75) is 65.2 Å². The zero-order valence-corrected chi connectivity index (χ0v) is 33.2. The van der Waals surface area contributed by atoms with Crippen LogP contribution in [0.3, 0.4) is 0 Å². The Morgan fingerprint density at radius 3 is 2.09 bits per heavy atom. The third kappa shape index (κ3) is 12.0. The number of carbonyl (C=O) groups is 4. The van der Waals surface area contributed by atoms with Gasteiger partial charge in [0.05, 0.1) is 36.7 Å². The van der Waals surface area contributed by atoms with E-state index in [2.05, 4.69) is 31.6 Å². The first kappa shape index (κ1) is 42.8. The molecule has 0 radical (unpaired) electrons. The summed E-state index contributed by atoms with van der Waals surface area (Å²) in [5, 5.41) is 14.7. The van der Waals surface area contributed by atoms with Gasteiger partial charge < -0.3 is 31.3 Å². The number of anilines is 1. The van der Waals surface area contributed by atoms with Gasteiger partial charge in [0, 0.05) is 56.6 Å². The first-order valence-corrected chi connectivity index (χ1v) is 20.0. The summed E-state index contributed by atoms with van der Waals surface area (Å²) < 4.78 is 35.1. The number of likely N-dealkylation sites (N-methyl/N-ethyl adjacent to an activating group) is 1. The van der Waals surface area contributed by atoms with Crippen LogP contribution >= 0.6 is 0 Å². The van der Waals surface area contributed by atoms with Crippen LogP contribution < -0.4 is 30.9 Å². The van der Waals surface area contributed by atoms with Gasteiger partial charge in [-0.3, -0.25) is 28.5 Å². The second-order valence-electron chi connectivity index (χ2n) is 13.8. The maximum atomic E-state index is 14.1. The molecule has 0 spiro atoms. The van der Waals surface area contributed by atoms with Crippen molar-refractivity contribution in [1.29, 1.82) is 0 Å². The van der Waals surface area contributed by atoms with Gasteiger partial charge in [-0.15, -0.1) is 0 Å². The van der Waals surface area contributed by atoms with Crippen molar-refractivity contribution in [1.82, 2.24) is 35.9 Å². The number of hydrogen-bond acceptors (Lipinski definition) is 9.